The van der Waals surface area contributed by atoms with E-state index < -0.39 is 0 Å². The molecule has 0 aliphatic heterocycles. The maximum atomic E-state index is 4.36. The fourth-order valence-electron chi connectivity index (χ4n) is 1.29. The Hall–Kier alpha value is 0.350. The van der Waals surface area contributed by atoms with Crippen molar-refractivity contribution in [3.63, 3.8) is 0 Å². The van der Waals surface area contributed by atoms with Crippen LogP contribution in [0.1, 0.15) is 46.5 Å². The predicted molar refractivity (Wildman–Crippen MR) is 56.3 cm³/mol. The van der Waals surface area contributed by atoms with Crippen LogP contribution in [0.25, 0.3) is 0 Å². The van der Waals surface area contributed by atoms with Gasteiger partial charge in [0.05, 0.1) is 0 Å². The van der Waals surface area contributed by atoms with E-state index in [-0.39, 0.29) is 0 Å². The Kier molecular flexibility index (Phi) is 7.25. The topological polar surface area (TPSA) is 0 Å². The van der Waals surface area contributed by atoms with Crippen LogP contribution in [0.15, 0.2) is 0 Å². The van der Waals surface area contributed by atoms with Crippen molar-refractivity contribution in [1.82, 2.24) is 0 Å². The van der Waals surface area contributed by atoms with Gasteiger partial charge >= 0.3 is 0 Å². The van der Waals surface area contributed by atoms with Gasteiger partial charge < -0.3 is 0 Å². The van der Waals surface area contributed by atoms with E-state index in [0.29, 0.717) is 0 Å². The number of unbranched alkanes of at least 4 members (excludes halogenated alkanes) is 2. The van der Waals surface area contributed by atoms with E-state index in [1.54, 1.807) is 0 Å². The maximum Gasteiger partial charge on any atom is -0.00671 e. The lowest BCUT2D eigenvalue weighted by atomic mass is 9.92. The van der Waals surface area contributed by atoms with Gasteiger partial charge in [0, 0.05) is 0 Å². The second kappa shape index (κ2) is 7.02. The van der Waals surface area contributed by atoms with Crippen molar-refractivity contribution in [2.45, 2.75) is 46.5 Å². The van der Waals surface area contributed by atoms with Gasteiger partial charge in [0.2, 0.25) is 0 Å². The molecule has 0 heterocycles. The van der Waals surface area contributed by atoms with Gasteiger partial charge in [0.25, 0.3) is 0 Å². The lowest BCUT2D eigenvalue weighted by Crippen LogP contribution is -2.10. The van der Waals surface area contributed by atoms with Gasteiger partial charge in [-0.1, -0.05) is 40.0 Å². The van der Waals surface area contributed by atoms with E-state index in [9.17, 15) is 0 Å². The summed E-state index contributed by atoms with van der Waals surface area (Å²) in [5.41, 5.74) is 0. The number of hydrogen-bond donors (Lipinski definition) is 1. The smallest absolute Gasteiger partial charge is 0.00671 e. The van der Waals surface area contributed by atoms with Crippen LogP contribution in [0, 0.1) is 11.8 Å². The molecule has 0 aromatic rings. The second-order valence-corrected chi connectivity index (χ2v) is 4.05. The summed E-state index contributed by atoms with van der Waals surface area (Å²) in [6.45, 7) is 6.85. The Balaban J connectivity index is 3.36. The van der Waals surface area contributed by atoms with Crippen molar-refractivity contribution in [2.24, 2.45) is 11.8 Å². The third-order valence-electron chi connectivity index (χ3n) is 2.36. The molecule has 0 rings (SSSR count). The summed E-state index contributed by atoms with van der Waals surface area (Å²) in [6.07, 6.45) is 5.48. The molecule has 0 saturated carbocycles. The van der Waals surface area contributed by atoms with Crippen LogP contribution < -0.4 is 0 Å². The molecular weight excluding hydrogens is 152 g/mol. The first-order valence-corrected chi connectivity index (χ1v) is 5.46. The van der Waals surface area contributed by atoms with Gasteiger partial charge in [-0.3, -0.25) is 0 Å². The molecule has 0 aliphatic carbocycles. The SMILES string of the molecule is CCCCCC(CS)C(C)C. The van der Waals surface area contributed by atoms with E-state index in [1.807, 2.05) is 0 Å². The molecule has 11 heavy (non-hydrogen) atoms. The number of rotatable bonds is 6. The van der Waals surface area contributed by atoms with Crippen LogP contribution >= 0.6 is 12.6 Å². The summed E-state index contributed by atoms with van der Waals surface area (Å²) in [5.74, 6) is 2.70. The Labute approximate surface area is 77.2 Å². The van der Waals surface area contributed by atoms with Gasteiger partial charge in [0.15, 0.2) is 0 Å². The minimum atomic E-state index is 0.810. The summed E-state index contributed by atoms with van der Waals surface area (Å²) in [4.78, 5) is 0. The summed E-state index contributed by atoms with van der Waals surface area (Å²) >= 11 is 4.36. The molecule has 0 spiro atoms. The molecule has 0 aliphatic rings. The number of hydrogen-bond acceptors (Lipinski definition) is 1. The van der Waals surface area contributed by atoms with Crippen molar-refractivity contribution in [1.29, 1.82) is 0 Å². The largest absolute Gasteiger partial charge is 0.179 e. The summed E-state index contributed by atoms with van der Waals surface area (Å²) < 4.78 is 0. The van der Waals surface area contributed by atoms with Crippen molar-refractivity contribution < 1.29 is 0 Å². The third kappa shape index (κ3) is 5.60. The number of thiol groups is 1. The highest BCUT2D eigenvalue weighted by Crippen LogP contribution is 2.19. The lowest BCUT2D eigenvalue weighted by Gasteiger charge is -2.17. The van der Waals surface area contributed by atoms with Crippen molar-refractivity contribution in [2.75, 3.05) is 5.75 Å². The maximum absolute atomic E-state index is 4.36. The fourth-order valence-corrected chi connectivity index (χ4v) is 1.90. The van der Waals surface area contributed by atoms with E-state index in [1.165, 1.54) is 25.7 Å². The molecule has 0 saturated heterocycles. The van der Waals surface area contributed by atoms with Gasteiger partial charge in [-0.2, -0.15) is 12.6 Å². The van der Waals surface area contributed by atoms with Crippen LogP contribution in [0.2, 0.25) is 0 Å². The highest BCUT2D eigenvalue weighted by molar-refractivity contribution is 7.80. The summed E-state index contributed by atoms with van der Waals surface area (Å²) in [6, 6.07) is 0. The van der Waals surface area contributed by atoms with Gasteiger partial charge in [-0.15, -0.1) is 0 Å². The molecule has 0 aromatic carbocycles. The lowest BCUT2D eigenvalue weighted by molar-refractivity contribution is 0.384. The Bertz CT molecular complexity index is 78.9. The second-order valence-electron chi connectivity index (χ2n) is 3.68. The normalized spacial score (nSPS) is 13.9. The van der Waals surface area contributed by atoms with Crippen molar-refractivity contribution >= 4 is 12.6 Å². The standard InChI is InChI=1S/C10H22S/c1-4-5-6-7-10(8-11)9(2)3/h9-11H,4-8H2,1-3H3. The Morgan fingerprint density at radius 2 is 1.82 bits per heavy atom. The van der Waals surface area contributed by atoms with Crippen molar-refractivity contribution in [3.05, 3.63) is 0 Å². The first kappa shape index (κ1) is 11.4. The average Bonchev–Trinajstić information content (AvgIpc) is 1.97. The van der Waals surface area contributed by atoms with E-state index in [0.717, 1.165) is 17.6 Å². The first-order chi connectivity index (χ1) is 5.22. The zero-order chi connectivity index (χ0) is 8.69. The summed E-state index contributed by atoms with van der Waals surface area (Å²) in [5, 5.41) is 0. The van der Waals surface area contributed by atoms with E-state index >= 15 is 0 Å². The molecule has 0 fully saturated rings. The first-order valence-electron chi connectivity index (χ1n) is 4.83. The molecule has 68 valence electrons. The van der Waals surface area contributed by atoms with Crippen LogP contribution in [0.5, 0.6) is 0 Å². The minimum absolute atomic E-state index is 0.810. The Morgan fingerprint density at radius 3 is 2.18 bits per heavy atom. The van der Waals surface area contributed by atoms with Crippen LogP contribution in [0.3, 0.4) is 0 Å². The molecule has 1 atom stereocenters. The van der Waals surface area contributed by atoms with Crippen LogP contribution in [0.4, 0.5) is 0 Å². The molecule has 1 heteroatoms. The summed E-state index contributed by atoms with van der Waals surface area (Å²) in [7, 11) is 0. The molecule has 1 unspecified atom stereocenters. The quantitative estimate of drug-likeness (QED) is 0.460. The zero-order valence-electron chi connectivity index (χ0n) is 8.14. The average molecular weight is 174 g/mol. The monoisotopic (exact) mass is 174 g/mol. The van der Waals surface area contributed by atoms with Crippen molar-refractivity contribution in [3.8, 4) is 0 Å². The molecule has 0 aromatic heterocycles. The Morgan fingerprint density at radius 1 is 1.18 bits per heavy atom. The third-order valence-corrected chi connectivity index (χ3v) is 2.82. The van der Waals surface area contributed by atoms with Gasteiger partial charge in [-0.25, -0.2) is 0 Å². The van der Waals surface area contributed by atoms with Gasteiger partial charge in [0.1, 0.15) is 0 Å². The zero-order valence-corrected chi connectivity index (χ0v) is 9.03. The van der Waals surface area contributed by atoms with Crippen LogP contribution in [-0.4, -0.2) is 5.75 Å². The minimum Gasteiger partial charge on any atom is -0.179 e. The molecular formula is C10H22S. The fraction of sp³-hybridized carbons (Fsp3) is 1.00. The highest BCUT2D eigenvalue weighted by Gasteiger charge is 2.09. The van der Waals surface area contributed by atoms with E-state index in [4.69, 9.17) is 0 Å². The molecule has 0 N–H and O–H groups in total. The van der Waals surface area contributed by atoms with E-state index in [2.05, 4.69) is 33.4 Å². The predicted octanol–water partition coefficient (Wildman–Crippen LogP) is 3.77. The molecule has 0 radical (unpaired) electrons. The molecule has 0 bridgehead atoms. The molecule has 0 amide bonds. The van der Waals surface area contributed by atoms with Gasteiger partial charge in [-0.05, 0) is 24.0 Å². The highest BCUT2D eigenvalue weighted by atomic mass is 32.1. The van der Waals surface area contributed by atoms with Crippen LogP contribution in [-0.2, 0) is 0 Å². The molecule has 0 nitrogen and oxygen atoms in total.